The van der Waals surface area contributed by atoms with Crippen molar-refractivity contribution in [3.63, 3.8) is 0 Å². The van der Waals surface area contributed by atoms with Crippen LogP contribution in [-0.4, -0.2) is 55.0 Å². The van der Waals surface area contributed by atoms with E-state index in [4.69, 9.17) is 9.68 Å². The summed E-state index contributed by atoms with van der Waals surface area (Å²) < 4.78 is 21.0. The Bertz CT molecular complexity index is 1900. The summed E-state index contributed by atoms with van der Waals surface area (Å²) in [4.78, 5) is 53.9. The van der Waals surface area contributed by atoms with E-state index in [0.29, 0.717) is 27.6 Å². The number of aromatic nitrogens is 4. The first kappa shape index (κ1) is 25.8. The minimum atomic E-state index is -1.47. The van der Waals surface area contributed by atoms with Gasteiger partial charge in [-0.3, -0.25) is 23.9 Å². The van der Waals surface area contributed by atoms with E-state index in [0.717, 1.165) is 10.1 Å². The Kier molecular flexibility index (Phi) is 6.26. The molecule has 1 aromatic carbocycles. The average molecular weight is 552 g/mol. The Morgan fingerprint density at radius 2 is 1.95 bits per heavy atom. The number of fused-ring (bicyclic) bond motifs is 2. The van der Waals surface area contributed by atoms with E-state index >= 15 is 0 Å². The topological polar surface area (TPSA) is 147 Å². The van der Waals surface area contributed by atoms with Crippen LogP contribution in [0.1, 0.15) is 28.4 Å². The standard InChI is InChI=1S/C29H22FN7O4/c1-29(30)15-36(16-29)24(38)14-37-25-19(8-20(12-33-25)27-35-22-13-32-7-6-23(22)41-27)9-21(28(37)40)26(39)34-11-18-4-2-17(10-31)3-5-18/h2-9,12-13H,11,14-16H2,1H3,(H,34,39). The minimum Gasteiger partial charge on any atom is -0.436 e. The van der Waals surface area contributed by atoms with E-state index in [1.807, 2.05) is 6.07 Å². The lowest BCUT2D eigenvalue weighted by Crippen LogP contribution is -2.60. The summed E-state index contributed by atoms with van der Waals surface area (Å²) in [5, 5.41) is 12.1. The van der Waals surface area contributed by atoms with Gasteiger partial charge in [0.1, 0.15) is 28.9 Å². The molecule has 1 aliphatic rings. The zero-order valence-corrected chi connectivity index (χ0v) is 21.8. The molecule has 204 valence electrons. The van der Waals surface area contributed by atoms with Crippen molar-refractivity contribution in [3.8, 4) is 17.5 Å². The minimum absolute atomic E-state index is 0.0760. The Balaban J connectivity index is 1.37. The summed E-state index contributed by atoms with van der Waals surface area (Å²) in [5.74, 6) is -0.845. The molecular weight excluding hydrogens is 529 g/mol. The van der Waals surface area contributed by atoms with Gasteiger partial charge in [0.15, 0.2) is 5.58 Å². The Labute approximate surface area is 231 Å². The van der Waals surface area contributed by atoms with Gasteiger partial charge in [-0.1, -0.05) is 12.1 Å². The maximum Gasteiger partial charge on any atom is 0.265 e. The molecule has 0 radical (unpaired) electrons. The van der Waals surface area contributed by atoms with Crippen molar-refractivity contribution < 1.29 is 18.4 Å². The van der Waals surface area contributed by atoms with Gasteiger partial charge in [-0.25, -0.2) is 14.4 Å². The van der Waals surface area contributed by atoms with Gasteiger partial charge in [-0.15, -0.1) is 0 Å². The van der Waals surface area contributed by atoms with E-state index < -0.39 is 29.6 Å². The van der Waals surface area contributed by atoms with Crippen LogP contribution >= 0.6 is 0 Å². The van der Waals surface area contributed by atoms with Crippen molar-refractivity contribution in [1.29, 1.82) is 5.26 Å². The quantitative estimate of drug-likeness (QED) is 0.339. The van der Waals surface area contributed by atoms with Gasteiger partial charge in [0, 0.05) is 30.4 Å². The number of hydrogen-bond acceptors (Lipinski definition) is 8. The Morgan fingerprint density at radius 3 is 2.66 bits per heavy atom. The fourth-order valence-electron chi connectivity index (χ4n) is 4.73. The maximum absolute atomic E-state index is 14.0. The van der Waals surface area contributed by atoms with Gasteiger partial charge in [-0.2, -0.15) is 5.26 Å². The van der Waals surface area contributed by atoms with Crippen molar-refractivity contribution in [1.82, 2.24) is 29.7 Å². The predicted octanol–water partition coefficient (Wildman–Crippen LogP) is 2.97. The third-order valence-electron chi connectivity index (χ3n) is 6.83. The molecule has 2 amide bonds. The highest BCUT2D eigenvalue weighted by atomic mass is 19.1. The molecule has 0 bridgehead atoms. The largest absolute Gasteiger partial charge is 0.436 e. The highest BCUT2D eigenvalue weighted by molar-refractivity contribution is 5.97. The third-order valence-corrected chi connectivity index (χ3v) is 6.83. The number of pyridine rings is 3. The molecule has 1 fully saturated rings. The number of oxazole rings is 1. The van der Waals surface area contributed by atoms with Gasteiger partial charge in [0.25, 0.3) is 11.5 Å². The summed E-state index contributed by atoms with van der Waals surface area (Å²) in [7, 11) is 0. The second-order valence-corrected chi connectivity index (χ2v) is 10.1. The van der Waals surface area contributed by atoms with Crippen LogP contribution in [0.2, 0.25) is 0 Å². The van der Waals surface area contributed by atoms with E-state index in [2.05, 4.69) is 20.3 Å². The molecule has 5 heterocycles. The highest BCUT2D eigenvalue weighted by Crippen LogP contribution is 2.27. The molecule has 6 rings (SSSR count). The van der Waals surface area contributed by atoms with Crippen molar-refractivity contribution in [3.05, 3.63) is 88.1 Å². The lowest BCUT2D eigenvalue weighted by Gasteiger charge is -2.42. The van der Waals surface area contributed by atoms with Gasteiger partial charge in [-0.05, 0) is 36.8 Å². The summed E-state index contributed by atoms with van der Waals surface area (Å²) in [6.45, 7) is 0.950. The first-order chi connectivity index (χ1) is 19.7. The molecule has 4 aromatic heterocycles. The van der Waals surface area contributed by atoms with E-state index in [-0.39, 0.29) is 36.7 Å². The van der Waals surface area contributed by atoms with Crippen LogP contribution in [0.3, 0.4) is 0 Å². The SMILES string of the molecule is CC1(F)CN(C(=O)Cn2c(=O)c(C(=O)NCc3ccc(C#N)cc3)cc3cc(-c4nc5cnccc5o4)cnc32)C1. The molecule has 0 unspecified atom stereocenters. The lowest BCUT2D eigenvalue weighted by molar-refractivity contribution is -0.144. The molecule has 5 aromatic rings. The maximum atomic E-state index is 14.0. The number of nitriles is 1. The lowest BCUT2D eigenvalue weighted by atomic mass is 9.99. The number of carbonyl (C=O) groups is 2. The van der Waals surface area contributed by atoms with Crippen LogP contribution in [0.15, 0.2) is 70.3 Å². The summed E-state index contributed by atoms with van der Waals surface area (Å²) in [6.07, 6.45) is 4.61. The first-order valence-corrected chi connectivity index (χ1v) is 12.7. The molecule has 0 aliphatic carbocycles. The Hall–Kier alpha value is -5.44. The van der Waals surface area contributed by atoms with Crippen molar-refractivity contribution in [2.24, 2.45) is 0 Å². The van der Waals surface area contributed by atoms with Crippen LogP contribution < -0.4 is 10.9 Å². The fraction of sp³-hybridized carbons (Fsp3) is 0.207. The number of likely N-dealkylation sites (tertiary alicyclic amines) is 1. The number of hydrogen-bond donors (Lipinski definition) is 1. The molecule has 11 nitrogen and oxygen atoms in total. The number of amides is 2. The number of nitrogens with zero attached hydrogens (tertiary/aromatic N) is 6. The molecule has 0 atom stereocenters. The number of nitrogens with one attached hydrogen (secondary N) is 1. The fourth-order valence-corrected chi connectivity index (χ4v) is 4.73. The van der Waals surface area contributed by atoms with Gasteiger partial charge in [0.2, 0.25) is 11.8 Å². The van der Waals surface area contributed by atoms with E-state index in [1.165, 1.54) is 24.1 Å². The van der Waals surface area contributed by atoms with Gasteiger partial charge in [0.05, 0.1) is 36.5 Å². The summed E-state index contributed by atoms with van der Waals surface area (Å²) in [5.41, 5.74) is 0.586. The van der Waals surface area contributed by atoms with E-state index in [9.17, 15) is 18.8 Å². The second kappa shape index (κ2) is 9.95. The van der Waals surface area contributed by atoms with Crippen molar-refractivity contribution >= 4 is 33.9 Å². The number of alkyl halides is 1. The number of carbonyl (C=O) groups excluding carboxylic acids is 2. The molecule has 1 saturated heterocycles. The summed E-state index contributed by atoms with van der Waals surface area (Å²) in [6, 6.07) is 13.5. The smallest absolute Gasteiger partial charge is 0.265 e. The van der Waals surface area contributed by atoms with Crippen LogP contribution in [0.4, 0.5) is 4.39 Å². The van der Waals surface area contributed by atoms with Crippen LogP contribution in [0, 0.1) is 11.3 Å². The monoisotopic (exact) mass is 551 g/mol. The number of halogens is 1. The zero-order chi connectivity index (χ0) is 28.7. The molecule has 41 heavy (non-hydrogen) atoms. The average Bonchev–Trinajstić information content (AvgIpc) is 3.40. The molecule has 1 aliphatic heterocycles. The predicted molar refractivity (Wildman–Crippen MR) is 145 cm³/mol. The number of benzene rings is 1. The summed E-state index contributed by atoms with van der Waals surface area (Å²) >= 11 is 0. The van der Waals surface area contributed by atoms with Crippen molar-refractivity contribution in [2.75, 3.05) is 13.1 Å². The zero-order valence-electron chi connectivity index (χ0n) is 21.8. The van der Waals surface area contributed by atoms with Crippen LogP contribution in [-0.2, 0) is 17.9 Å². The first-order valence-electron chi connectivity index (χ1n) is 12.7. The van der Waals surface area contributed by atoms with Crippen molar-refractivity contribution in [2.45, 2.75) is 25.7 Å². The normalized spacial score (nSPS) is 14.0. The van der Waals surface area contributed by atoms with Gasteiger partial charge >= 0.3 is 0 Å². The Morgan fingerprint density at radius 1 is 1.17 bits per heavy atom. The van der Waals surface area contributed by atoms with Crippen LogP contribution in [0.25, 0.3) is 33.6 Å². The molecule has 1 N–H and O–H groups in total. The molecule has 12 heteroatoms. The van der Waals surface area contributed by atoms with Gasteiger partial charge < -0.3 is 14.6 Å². The molecular formula is C29H22FN7O4. The molecule has 0 saturated carbocycles. The second-order valence-electron chi connectivity index (χ2n) is 10.1. The van der Waals surface area contributed by atoms with E-state index in [1.54, 1.807) is 48.8 Å². The van der Waals surface area contributed by atoms with Crippen LogP contribution in [0.5, 0.6) is 0 Å². The highest BCUT2D eigenvalue weighted by Gasteiger charge is 2.41. The molecule has 0 spiro atoms. The third kappa shape index (κ3) is 5.00. The number of rotatable bonds is 6.